The molecule has 0 amide bonds. The number of halogens is 1. The maximum absolute atomic E-state index is 5.89. The lowest BCUT2D eigenvalue weighted by molar-refractivity contribution is 0.300. The molecule has 2 aromatic rings. The Kier molecular flexibility index (Phi) is 4.44. The molecule has 0 spiro atoms. The zero-order valence-corrected chi connectivity index (χ0v) is 13.9. The zero-order chi connectivity index (χ0) is 14.2. The molecule has 1 aromatic carbocycles. The summed E-state index contributed by atoms with van der Waals surface area (Å²) in [5.41, 5.74) is 3.48. The van der Waals surface area contributed by atoms with Gasteiger partial charge < -0.3 is 9.64 Å². The third-order valence-electron chi connectivity index (χ3n) is 4.52. The predicted molar refractivity (Wildman–Crippen MR) is 93.4 cm³/mol. The van der Waals surface area contributed by atoms with Crippen LogP contribution in [-0.4, -0.2) is 24.7 Å². The molecule has 3 nitrogen and oxygen atoms in total. The number of rotatable bonds is 4. The lowest BCUT2D eigenvalue weighted by atomic mass is 10.1. The van der Waals surface area contributed by atoms with Gasteiger partial charge in [-0.15, -0.1) is 12.4 Å². The van der Waals surface area contributed by atoms with Gasteiger partial charge in [0.05, 0.1) is 12.1 Å². The number of aryl methyl sites for hydroxylation is 1. The fourth-order valence-electron chi connectivity index (χ4n) is 3.13. The molecular weight excluding hydrogens is 296 g/mol. The molecule has 0 bridgehead atoms. The smallest absolute Gasteiger partial charge is 0.121 e. The lowest BCUT2D eigenvalue weighted by Crippen LogP contribution is -2.18. The van der Waals surface area contributed by atoms with Gasteiger partial charge in [0, 0.05) is 35.9 Å². The van der Waals surface area contributed by atoms with Crippen molar-refractivity contribution in [1.29, 1.82) is 0 Å². The molecular formula is C18H23ClN2O. The first-order valence-electron chi connectivity index (χ1n) is 8.09. The minimum absolute atomic E-state index is 0. The first-order valence-corrected chi connectivity index (χ1v) is 8.09. The van der Waals surface area contributed by atoms with E-state index in [9.17, 15) is 0 Å². The second-order valence-corrected chi connectivity index (χ2v) is 6.41. The summed E-state index contributed by atoms with van der Waals surface area (Å²) in [6, 6.07) is 8.60. The highest BCUT2D eigenvalue weighted by Gasteiger charge is 2.22. The van der Waals surface area contributed by atoms with Crippen molar-refractivity contribution in [2.45, 2.75) is 32.6 Å². The summed E-state index contributed by atoms with van der Waals surface area (Å²) >= 11 is 0. The molecule has 0 N–H and O–H groups in total. The number of hydrogen-bond donors (Lipinski definition) is 0. The van der Waals surface area contributed by atoms with Gasteiger partial charge in [-0.2, -0.15) is 0 Å². The van der Waals surface area contributed by atoms with E-state index in [0.717, 1.165) is 29.5 Å². The number of hydrogen-bond acceptors (Lipinski definition) is 3. The molecule has 0 atom stereocenters. The molecule has 1 aromatic heterocycles. The van der Waals surface area contributed by atoms with Gasteiger partial charge in [-0.3, -0.25) is 4.98 Å². The van der Waals surface area contributed by atoms with Crippen LogP contribution >= 0.6 is 12.4 Å². The maximum Gasteiger partial charge on any atom is 0.121 e. The SMILES string of the molecule is Cc1cc(N2CCCC2)c2ccc(OCC3CC3)cc2n1.Cl. The van der Waals surface area contributed by atoms with Gasteiger partial charge in [-0.05, 0) is 56.7 Å². The molecule has 4 rings (SSSR count). The van der Waals surface area contributed by atoms with E-state index in [0.29, 0.717) is 0 Å². The average molecular weight is 319 g/mol. The van der Waals surface area contributed by atoms with Crippen LogP contribution in [0.3, 0.4) is 0 Å². The molecule has 2 fully saturated rings. The van der Waals surface area contributed by atoms with Gasteiger partial charge in [0.1, 0.15) is 5.75 Å². The molecule has 22 heavy (non-hydrogen) atoms. The Hall–Kier alpha value is -1.48. The van der Waals surface area contributed by atoms with Gasteiger partial charge in [0.15, 0.2) is 0 Å². The topological polar surface area (TPSA) is 25.4 Å². The van der Waals surface area contributed by atoms with Crippen molar-refractivity contribution in [2.24, 2.45) is 5.92 Å². The number of pyridine rings is 1. The second kappa shape index (κ2) is 6.33. The highest BCUT2D eigenvalue weighted by molar-refractivity contribution is 5.93. The highest BCUT2D eigenvalue weighted by Crippen LogP contribution is 2.33. The second-order valence-electron chi connectivity index (χ2n) is 6.41. The summed E-state index contributed by atoms with van der Waals surface area (Å²) < 4.78 is 5.89. The van der Waals surface area contributed by atoms with Crippen LogP contribution < -0.4 is 9.64 Å². The number of anilines is 1. The van der Waals surface area contributed by atoms with E-state index >= 15 is 0 Å². The van der Waals surface area contributed by atoms with E-state index in [2.05, 4.69) is 36.1 Å². The van der Waals surface area contributed by atoms with E-state index in [1.807, 2.05) is 0 Å². The zero-order valence-electron chi connectivity index (χ0n) is 13.0. The van der Waals surface area contributed by atoms with Crippen LogP contribution in [0.2, 0.25) is 0 Å². The Morgan fingerprint density at radius 1 is 1.18 bits per heavy atom. The number of aromatic nitrogens is 1. The summed E-state index contributed by atoms with van der Waals surface area (Å²) in [6.07, 6.45) is 5.24. The Balaban J connectivity index is 0.00000144. The monoisotopic (exact) mass is 318 g/mol. The third-order valence-corrected chi connectivity index (χ3v) is 4.52. The van der Waals surface area contributed by atoms with E-state index in [-0.39, 0.29) is 12.4 Å². The quantitative estimate of drug-likeness (QED) is 0.837. The summed E-state index contributed by atoms with van der Waals surface area (Å²) in [4.78, 5) is 7.19. The lowest BCUT2D eigenvalue weighted by Gasteiger charge is -2.20. The Labute approximate surface area is 138 Å². The Bertz CT molecular complexity index is 663. The van der Waals surface area contributed by atoms with Crippen molar-refractivity contribution in [3.05, 3.63) is 30.0 Å². The molecule has 2 heterocycles. The number of ether oxygens (including phenoxy) is 1. The fraction of sp³-hybridized carbons (Fsp3) is 0.500. The molecule has 1 aliphatic heterocycles. The van der Waals surface area contributed by atoms with Crippen LogP contribution in [0.1, 0.15) is 31.4 Å². The maximum atomic E-state index is 5.89. The number of nitrogens with zero attached hydrogens (tertiary/aromatic N) is 2. The van der Waals surface area contributed by atoms with E-state index in [1.165, 1.54) is 49.8 Å². The van der Waals surface area contributed by atoms with Gasteiger partial charge in [0.2, 0.25) is 0 Å². The first kappa shape index (κ1) is 15.4. The van der Waals surface area contributed by atoms with E-state index < -0.39 is 0 Å². The van der Waals surface area contributed by atoms with Crippen LogP contribution in [-0.2, 0) is 0 Å². The minimum Gasteiger partial charge on any atom is -0.493 e. The summed E-state index contributed by atoms with van der Waals surface area (Å²) in [5, 5.41) is 1.25. The molecule has 1 saturated carbocycles. The number of fused-ring (bicyclic) bond motifs is 1. The largest absolute Gasteiger partial charge is 0.493 e. The normalized spacial score (nSPS) is 17.6. The van der Waals surface area contributed by atoms with Gasteiger partial charge in [-0.1, -0.05) is 0 Å². The molecule has 118 valence electrons. The van der Waals surface area contributed by atoms with E-state index in [4.69, 9.17) is 9.72 Å². The van der Waals surface area contributed by atoms with Crippen LogP contribution in [0.25, 0.3) is 10.9 Å². The van der Waals surface area contributed by atoms with Crippen molar-refractivity contribution in [1.82, 2.24) is 4.98 Å². The molecule has 4 heteroatoms. The highest BCUT2D eigenvalue weighted by atomic mass is 35.5. The van der Waals surface area contributed by atoms with Crippen molar-refractivity contribution in [2.75, 3.05) is 24.6 Å². The Morgan fingerprint density at radius 3 is 2.68 bits per heavy atom. The third kappa shape index (κ3) is 3.14. The summed E-state index contributed by atoms with van der Waals surface area (Å²) in [7, 11) is 0. The summed E-state index contributed by atoms with van der Waals surface area (Å²) in [5.74, 6) is 1.74. The summed E-state index contributed by atoms with van der Waals surface area (Å²) in [6.45, 7) is 5.27. The van der Waals surface area contributed by atoms with Crippen molar-refractivity contribution < 1.29 is 4.74 Å². The van der Waals surface area contributed by atoms with Gasteiger partial charge in [-0.25, -0.2) is 0 Å². The van der Waals surface area contributed by atoms with Crippen molar-refractivity contribution in [3.63, 3.8) is 0 Å². The van der Waals surface area contributed by atoms with E-state index in [1.54, 1.807) is 0 Å². The first-order chi connectivity index (χ1) is 10.3. The Morgan fingerprint density at radius 2 is 1.95 bits per heavy atom. The number of benzene rings is 1. The molecule has 1 saturated heterocycles. The predicted octanol–water partition coefficient (Wildman–Crippen LogP) is 4.35. The van der Waals surface area contributed by atoms with Crippen LogP contribution in [0.5, 0.6) is 5.75 Å². The molecule has 0 unspecified atom stereocenters. The fourth-order valence-corrected chi connectivity index (χ4v) is 3.13. The standard InChI is InChI=1S/C18H22N2O.ClH/c1-13-10-18(20-8-2-3-9-20)16-7-6-15(11-17(16)19-13)21-12-14-4-5-14;/h6-7,10-11,14H,2-5,8-9,12H2,1H3;1H. The van der Waals surface area contributed by atoms with Crippen LogP contribution in [0, 0.1) is 12.8 Å². The van der Waals surface area contributed by atoms with Crippen molar-refractivity contribution in [3.8, 4) is 5.75 Å². The van der Waals surface area contributed by atoms with Gasteiger partial charge >= 0.3 is 0 Å². The van der Waals surface area contributed by atoms with Crippen LogP contribution in [0.4, 0.5) is 5.69 Å². The molecule has 0 radical (unpaired) electrons. The minimum atomic E-state index is 0. The van der Waals surface area contributed by atoms with Crippen molar-refractivity contribution >= 4 is 29.0 Å². The molecule has 2 aliphatic rings. The average Bonchev–Trinajstić information content (AvgIpc) is 3.15. The van der Waals surface area contributed by atoms with Crippen LogP contribution in [0.15, 0.2) is 24.3 Å². The van der Waals surface area contributed by atoms with Gasteiger partial charge in [0.25, 0.3) is 0 Å². The molecule has 1 aliphatic carbocycles.